The molecule has 0 amide bonds. The van der Waals surface area contributed by atoms with Gasteiger partial charge in [-0.15, -0.1) is 0 Å². The Labute approximate surface area is 493 Å². The lowest BCUT2D eigenvalue weighted by Crippen LogP contribution is -2.11. The van der Waals surface area contributed by atoms with Crippen molar-refractivity contribution in [3.05, 3.63) is 254 Å². The Bertz CT molecular complexity index is 4700. The second-order valence-electron chi connectivity index (χ2n) is 23.9. The van der Waals surface area contributed by atoms with Crippen LogP contribution in [0, 0.1) is 0 Å². The number of fused-ring (bicyclic) bond motifs is 13. The molecule has 85 heavy (non-hydrogen) atoms. The first-order valence-corrected chi connectivity index (χ1v) is 30.8. The zero-order valence-corrected chi connectivity index (χ0v) is 47.4. The number of nitrogens with zero attached hydrogens (tertiary/aromatic N) is 2. The van der Waals surface area contributed by atoms with Crippen molar-refractivity contribution in [1.29, 1.82) is 0 Å². The fourth-order valence-corrected chi connectivity index (χ4v) is 15.0. The summed E-state index contributed by atoms with van der Waals surface area (Å²) in [5.41, 5.74) is 18.7. The highest BCUT2D eigenvalue weighted by Crippen LogP contribution is 2.53. The Balaban J connectivity index is 0.898. The van der Waals surface area contributed by atoms with E-state index < -0.39 is 0 Å². The standard InChI is InChI=1S/C80H62N2O3/c1-5-21-51(22-6-1)53-41-45-57(46-42-53)81(69-39-19-37-67-65-35-17-33-59(77(65)84-79(67)69)55-25-9-3-10-26-55)71-49-73-75(63-31-15-13-29-61(63)71)76-64-32-16-14-30-62(64)72(50-74(76)83-73)82(58-47-43-54(44-48-58)52-23-7-2-8-24-52)70-40-20-38-68-66-36-18-34-60(78(66)85-80(68)70)56-27-11-4-12-28-56/h1-2,5-8,13-24,29-50,55-56H,3-4,9-12,25-28H2. The largest absolute Gasteiger partial charge is 0.456 e. The van der Waals surface area contributed by atoms with Crippen molar-refractivity contribution in [3.8, 4) is 22.3 Å². The molecule has 0 aliphatic heterocycles. The minimum Gasteiger partial charge on any atom is -0.456 e. The van der Waals surface area contributed by atoms with E-state index in [0.29, 0.717) is 11.8 Å². The number of benzene rings is 12. The summed E-state index contributed by atoms with van der Waals surface area (Å²) in [4.78, 5) is 4.82. The molecule has 2 fully saturated rings. The normalized spacial score (nSPS) is 14.5. The molecule has 0 atom stereocenters. The van der Waals surface area contributed by atoms with E-state index in [9.17, 15) is 0 Å². The van der Waals surface area contributed by atoms with Gasteiger partial charge in [0, 0.05) is 66.6 Å². The van der Waals surface area contributed by atoms with Gasteiger partial charge in [0.2, 0.25) is 0 Å². The van der Waals surface area contributed by atoms with Crippen LogP contribution in [0.5, 0.6) is 0 Å². The van der Waals surface area contributed by atoms with E-state index in [1.54, 1.807) is 0 Å². The van der Waals surface area contributed by atoms with Gasteiger partial charge in [0.25, 0.3) is 0 Å². The number of para-hydroxylation sites is 4. The smallest absolute Gasteiger partial charge is 0.159 e. The SMILES string of the molecule is c1ccc(-c2ccc(N(c3cc4oc5cc(N(c6ccc(-c7ccccc7)cc6)c6cccc7c6oc6c(C8CCCCC8)cccc67)c6ccccc6c5c4c4ccccc34)c3cccc4c3oc3c(C5CCCCC5)cccc34)cc2)cc1. The van der Waals surface area contributed by atoms with Gasteiger partial charge in [0.05, 0.1) is 22.7 Å². The summed E-state index contributed by atoms with van der Waals surface area (Å²) in [6.45, 7) is 0. The molecule has 3 aromatic heterocycles. The molecule has 12 aromatic carbocycles. The van der Waals surface area contributed by atoms with E-state index in [1.807, 2.05) is 0 Å². The third-order valence-electron chi connectivity index (χ3n) is 19.0. The molecule has 410 valence electrons. The average Bonchev–Trinajstić information content (AvgIpc) is 3.29. The van der Waals surface area contributed by atoms with Gasteiger partial charge < -0.3 is 23.1 Å². The highest BCUT2D eigenvalue weighted by atomic mass is 16.3. The Morgan fingerprint density at radius 3 is 1.01 bits per heavy atom. The van der Waals surface area contributed by atoms with E-state index in [1.165, 1.54) is 97.2 Å². The molecule has 0 bridgehead atoms. The molecule has 0 N–H and O–H groups in total. The van der Waals surface area contributed by atoms with E-state index in [0.717, 1.165) is 122 Å². The van der Waals surface area contributed by atoms with Gasteiger partial charge >= 0.3 is 0 Å². The molecule has 17 rings (SSSR count). The molecule has 5 nitrogen and oxygen atoms in total. The number of rotatable bonds is 10. The molecular formula is C80H62N2O3. The maximum absolute atomic E-state index is 7.48. The van der Waals surface area contributed by atoms with Crippen molar-refractivity contribution < 1.29 is 13.3 Å². The minimum atomic E-state index is 0.490. The van der Waals surface area contributed by atoms with Crippen molar-refractivity contribution in [2.75, 3.05) is 9.80 Å². The Morgan fingerprint density at radius 2 is 0.600 bits per heavy atom. The van der Waals surface area contributed by atoms with Crippen LogP contribution in [0.2, 0.25) is 0 Å². The maximum Gasteiger partial charge on any atom is 0.159 e. The lowest BCUT2D eigenvalue weighted by atomic mass is 9.83. The lowest BCUT2D eigenvalue weighted by molar-refractivity contribution is 0.442. The summed E-state index contributed by atoms with van der Waals surface area (Å²) < 4.78 is 22.1. The fraction of sp³-hybridized carbons (Fsp3) is 0.150. The summed E-state index contributed by atoms with van der Waals surface area (Å²) in [6, 6.07) is 88.6. The molecule has 3 heterocycles. The molecule has 0 radical (unpaired) electrons. The highest BCUT2D eigenvalue weighted by Gasteiger charge is 2.30. The van der Waals surface area contributed by atoms with E-state index in [4.69, 9.17) is 13.3 Å². The zero-order valence-electron chi connectivity index (χ0n) is 47.4. The molecule has 2 aliphatic carbocycles. The van der Waals surface area contributed by atoms with E-state index in [2.05, 4.69) is 252 Å². The zero-order chi connectivity index (χ0) is 56.0. The number of anilines is 6. The summed E-state index contributed by atoms with van der Waals surface area (Å²) in [5, 5.41) is 11.2. The van der Waals surface area contributed by atoms with Crippen molar-refractivity contribution in [2.45, 2.75) is 76.0 Å². The summed E-state index contributed by atoms with van der Waals surface area (Å²) in [7, 11) is 0. The van der Waals surface area contributed by atoms with Crippen LogP contribution < -0.4 is 9.80 Å². The quantitative estimate of drug-likeness (QED) is 0.137. The predicted molar refractivity (Wildman–Crippen MR) is 355 cm³/mol. The minimum absolute atomic E-state index is 0.490. The van der Waals surface area contributed by atoms with Crippen LogP contribution in [-0.2, 0) is 0 Å². The van der Waals surface area contributed by atoms with Crippen LogP contribution in [0.1, 0.15) is 87.2 Å². The number of hydrogen-bond acceptors (Lipinski definition) is 5. The maximum atomic E-state index is 7.48. The predicted octanol–water partition coefficient (Wildman–Crippen LogP) is 24.1. The molecule has 2 saturated carbocycles. The highest BCUT2D eigenvalue weighted by molar-refractivity contribution is 6.30. The summed E-state index contributed by atoms with van der Waals surface area (Å²) >= 11 is 0. The van der Waals surface area contributed by atoms with Crippen LogP contribution in [0.3, 0.4) is 0 Å². The van der Waals surface area contributed by atoms with Gasteiger partial charge in [-0.2, -0.15) is 0 Å². The number of hydrogen-bond donors (Lipinski definition) is 0. The molecule has 5 heteroatoms. The third-order valence-corrected chi connectivity index (χ3v) is 19.0. The average molecular weight is 1100 g/mol. The first-order chi connectivity index (χ1) is 42.2. The van der Waals surface area contributed by atoms with Crippen molar-refractivity contribution >= 4 is 121 Å². The van der Waals surface area contributed by atoms with E-state index in [-0.39, 0.29) is 0 Å². The molecule has 15 aromatic rings. The van der Waals surface area contributed by atoms with Crippen LogP contribution >= 0.6 is 0 Å². The third kappa shape index (κ3) is 8.26. The molecule has 0 spiro atoms. The Hall–Kier alpha value is -9.84. The molecule has 0 unspecified atom stereocenters. The van der Waals surface area contributed by atoms with Crippen LogP contribution in [0.25, 0.3) is 110 Å². The Kier molecular flexibility index (Phi) is 12.0. The molecule has 0 saturated heterocycles. The van der Waals surface area contributed by atoms with Gasteiger partial charge in [-0.05, 0) is 118 Å². The second-order valence-corrected chi connectivity index (χ2v) is 23.9. The summed E-state index contributed by atoms with van der Waals surface area (Å²) in [6.07, 6.45) is 12.4. The van der Waals surface area contributed by atoms with Crippen LogP contribution in [0.15, 0.2) is 256 Å². The van der Waals surface area contributed by atoms with Crippen LogP contribution in [-0.4, -0.2) is 0 Å². The lowest BCUT2D eigenvalue weighted by Gasteiger charge is -2.27. The first kappa shape index (κ1) is 49.7. The van der Waals surface area contributed by atoms with Crippen molar-refractivity contribution in [3.63, 3.8) is 0 Å². The van der Waals surface area contributed by atoms with Crippen molar-refractivity contribution in [2.24, 2.45) is 0 Å². The topological polar surface area (TPSA) is 45.9 Å². The van der Waals surface area contributed by atoms with Gasteiger partial charge in [0.1, 0.15) is 22.3 Å². The van der Waals surface area contributed by atoms with Gasteiger partial charge in [-0.3, -0.25) is 0 Å². The molecule has 2 aliphatic rings. The van der Waals surface area contributed by atoms with Gasteiger partial charge in [0.15, 0.2) is 11.2 Å². The van der Waals surface area contributed by atoms with Gasteiger partial charge in [-0.1, -0.05) is 233 Å². The van der Waals surface area contributed by atoms with Crippen molar-refractivity contribution in [1.82, 2.24) is 0 Å². The van der Waals surface area contributed by atoms with E-state index >= 15 is 0 Å². The fourth-order valence-electron chi connectivity index (χ4n) is 15.0. The monoisotopic (exact) mass is 1100 g/mol. The summed E-state index contributed by atoms with van der Waals surface area (Å²) in [5.74, 6) is 0.981. The first-order valence-electron chi connectivity index (χ1n) is 30.8. The van der Waals surface area contributed by atoms with Crippen LogP contribution in [0.4, 0.5) is 34.1 Å². The van der Waals surface area contributed by atoms with Gasteiger partial charge in [-0.25, -0.2) is 0 Å². The second kappa shape index (κ2) is 20.5. The Morgan fingerprint density at radius 1 is 0.259 bits per heavy atom. The molecular weight excluding hydrogens is 1040 g/mol. The number of furan rings is 3.